The highest BCUT2D eigenvalue weighted by Crippen LogP contribution is 2.29. The van der Waals surface area contributed by atoms with Crippen LogP contribution in [0.1, 0.15) is 46.0 Å². The van der Waals surface area contributed by atoms with Crippen LogP contribution in [0.15, 0.2) is 0 Å². The molecule has 1 aliphatic carbocycles. The summed E-state index contributed by atoms with van der Waals surface area (Å²) in [7, 11) is 0. The van der Waals surface area contributed by atoms with Gasteiger partial charge in [-0.1, -0.05) is 39.5 Å². The van der Waals surface area contributed by atoms with Crippen LogP contribution in [0.2, 0.25) is 0 Å². The van der Waals surface area contributed by atoms with Crippen molar-refractivity contribution in [2.24, 2.45) is 11.8 Å². The van der Waals surface area contributed by atoms with Crippen LogP contribution in [-0.4, -0.2) is 0 Å². The fraction of sp³-hybridized carbons (Fsp3) is 1.00. The van der Waals surface area contributed by atoms with Gasteiger partial charge in [0.1, 0.15) is 0 Å². The highest BCUT2D eigenvalue weighted by Gasteiger charge is 2.16. The van der Waals surface area contributed by atoms with Crippen molar-refractivity contribution in [1.82, 2.24) is 0 Å². The zero-order chi connectivity index (χ0) is 6.69. The maximum absolute atomic E-state index is 2.39. The number of rotatable bonds is 1. The first-order valence-electron chi connectivity index (χ1n) is 4.33. The molecular weight excluding hydrogens is 108 g/mol. The predicted octanol–water partition coefficient (Wildman–Crippen LogP) is 3.22. The molecular formula is C9H18. The van der Waals surface area contributed by atoms with Crippen LogP contribution in [0, 0.1) is 11.8 Å². The molecule has 1 fully saturated rings. The minimum Gasteiger partial charge on any atom is -0.0651 e. The van der Waals surface area contributed by atoms with Crippen LogP contribution in [0.5, 0.6) is 0 Å². The smallest absolute Gasteiger partial charge is 0.0414 e. The molecule has 0 nitrogen and oxygen atoms in total. The summed E-state index contributed by atoms with van der Waals surface area (Å²) in [5, 5.41) is 0. The summed E-state index contributed by atoms with van der Waals surface area (Å²) in [5.74, 6) is 2.08. The second-order valence-electron chi connectivity index (χ2n) is 3.55. The highest BCUT2D eigenvalue weighted by molar-refractivity contribution is 4.68. The van der Waals surface area contributed by atoms with Gasteiger partial charge in [-0.2, -0.15) is 0 Å². The fourth-order valence-electron chi connectivity index (χ4n) is 1.93. The van der Waals surface area contributed by atoms with E-state index in [9.17, 15) is 0 Å². The van der Waals surface area contributed by atoms with E-state index in [1.165, 1.54) is 32.1 Å². The third-order valence-electron chi connectivity index (χ3n) is 2.62. The summed E-state index contributed by atoms with van der Waals surface area (Å²) in [6.07, 6.45) is 7.37. The molecule has 0 aromatic carbocycles. The quantitative estimate of drug-likeness (QED) is 0.506. The molecule has 2 atom stereocenters. The van der Waals surface area contributed by atoms with Crippen LogP contribution < -0.4 is 0 Å². The zero-order valence-electron chi connectivity index (χ0n) is 6.69. The Morgan fingerprint density at radius 1 is 1.33 bits per heavy atom. The fourth-order valence-corrected chi connectivity index (χ4v) is 1.93. The number of hydrogen-bond donors (Lipinski definition) is 0. The van der Waals surface area contributed by atoms with Gasteiger partial charge in [0.05, 0.1) is 0 Å². The summed E-state index contributed by atoms with van der Waals surface area (Å²) in [6, 6.07) is 0. The van der Waals surface area contributed by atoms with Crippen molar-refractivity contribution in [3.05, 3.63) is 0 Å². The van der Waals surface area contributed by atoms with Gasteiger partial charge in [0.2, 0.25) is 0 Å². The summed E-state index contributed by atoms with van der Waals surface area (Å²) >= 11 is 0. The molecule has 0 spiro atoms. The van der Waals surface area contributed by atoms with Gasteiger partial charge >= 0.3 is 0 Å². The van der Waals surface area contributed by atoms with Crippen molar-refractivity contribution in [2.75, 3.05) is 0 Å². The van der Waals surface area contributed by atoms with E-state index in [-0.39, 0.29) is 0 Å². The van der Waals surface area contributed by atoms with Crippen molar-refractivity contribution in [3.8, 4) is 0 Å². The Kier molecular flexibility index (Phi) is 2.56. The Bertz CT molecular complexity index is 76.1. The normalized spacial score (nSPS) is 36.7. The van der Waals surface area contributed by atoms with E-state index in [0.717, 1.165) is 11.8 Å². The van der Waals surface area contributed by atoms with Crippen LogP contribution >= 0.6 is 0 Å². The largest absolute Gasteiger partial charge is 0.0651 e. The first kappa shape index (κ1) is 7.11. The summed E-state index contributed by atoms with van der Waals surface area (Å²) in [4.78, 5) is 0. The lowest BCUT2D eigenvalue weighted by Gasteiger charge is -2.25. The molecule has 0 radical (unpaired) electrons. The molecule has 9 heavy (non-hydrogen) atoms. The Hall–Kier alpha value is 0. The van der Waals surface area contributed by atoms with Gasteiger partial charge in [0.15, 0.2) is 0 Å². The molecule has 0 aliphatic heterocycles. The molecule has 1 saturated carbocycles. The van der Waals surface area contributed by atoms with Gasteiger partial charge in [0, 0.05) is 0 Å². The van der Waals surface area contributed by atoms with E-state index in [4.69, 9.17) is 0 Å². The molecule has 0 aromatic heterocycles. The predicted molar refractivity (Wildman–Crippen MR) is 41.4 cm³/mol. The average Bonchev–Trinajstić information content (AvgIpc) is 1.88. The Morgan fingerprint density at radius 2 is 2.11 bits per heavy atom. The second-order valence-corrected chi connectivity index (χ2v) is 3.55. The second kappa shape index (κ2) is 3.24. The van der Waals surface area contributed by atoms with E-state index in [1.54, 1.807) is 0 Å². The molecule has 1 aliphatic rings. The van der Waals surface area contributed by atoms with Gasteiger partial charge < -0.3 is 0 Å². The maximum atomic E-state index is 2.39. The molecule has 1 rings (SSSR count). The van der Waals surface area contributed by atoms with E-state index >= 15 is 0 Å². The summed E-state index contributed by atoms with van der Waals surface area (Å²) in [6.45, 7) is 4.71. The van der Waals surface area contributed by atoms with Crippen molar-refractivity contribution < 1.29 is 0 Å². The third-order valence-corrected chi connectivity index (χ3v) is 2.62. The van der Waals surface area contributed by atoms with Crippen molar-refractivity contribution in [1.29, 1.82) is 0 Å². The minimum atomic E-state index is 1.02. The highest BCUT2D eigenvalue weighted by atomic mass is 14.2. The SMILES string of the molecule is CCC1CCC[C@H](C)C1. The van der Waals surface area contributed by atoms with Crippen molar-refractivity contribution in [3.63, 3.8) is 0 Å². The minimum absolute atomic E-state index is 1.02. The first-order chi connectivity index (χ1) is 4.33. The van der Waals surface area contributed by atoms with Crippen LogP contribution in [0.25, 0.3) is 0 Å². The molecule has 0 heterocycles. The monoisotopic (exact) mass is 126 g/mol. The topological polar surface area (TPSA) is 0 Å². The van der Waals surface area contributed by atoms with Crippen molar-refractivity contribution >= 4 is 0 Å². The van der Waals surface area contributed by atoms with E-state index in [0.29, 0.717) is 0 Å². The van der Waals surface area contributed by atoms with Crippen LogP contribution in [0.4, 0.5) is 0 Å². The lowest BCUT2D eigenvalue weighted by Crippen LogP contribution is -2.11. The first-order valence-corrected chi connectivity index (χ1v) is 4.33. The maximum Gasteiger partial charge on any atom is -0.0414 e. The summed E-state index contributed by atoms with van der Waals surface area (Å²) in [5.41, 5.74) is 0. The molecule has 0 aromatic rings. The van der Waals surface area contributed by atoms with Crippen LogP contribution in [-0.2, 0) is 0 Å². The molecule has 0 bridgehead atoms. The molecule has 0 heteroatoms. The number of hydrogen-bond acceptors (Lipinski definition) is 0. The van der Waals surface area contributed by atoms with Gasteiger partial charge in [-0.3, -0.25) is 0 Å². The van der Waals surface area contributed by atoms with Crippen molar-refractivity contribution in [2.45, 2.75) is 46.0 Å². The molecule has 0 amide bonds. The average molecular weight is 126 g/mol. The van der Waals surface area contributed by atoms with E-state index < -0.39 is 0 Å². The Balaban J connectivity index is 2.23. The standard InChI is InChI=1S/C9H18/c1-3-9-6-4-5-8(2)7-9/h8-9H,3-7H2,1-2H3/t8-,9?/m0/s1. The summed E-state index contributed by atoms with van der Waals surface area (Å²) < 4.78 is 0. The van der Waals surface area contributed by atoms with Crippen LogP contribution in [0.3, 0.4) is 0 Å². The lowest BCUT2D eigenvalue weighted by molar-refractivity contribution is 0.276. The van der Waals surface area contributed by atoms with E-state index in [2.05, 4.69) is 13.8 Å². The Morgan fingerprint density at radius 3 is 2.56 bits per heavy atom. The third kappa shape index (κ3) is 2.00. The van der Waals surface area contributed by atoms with Gasteiger partial charge in [-0.05, 0) is 18.3 Å². The zero-order valence-corrected chi connectivity index (χ0v) is 6.69. The molecule has 1 unspecified atom stereocenters. The molecule has 0 saturated heterocycles. The molecule has 54 valence electrons. The van der Waals surface area contributed by atoms with E-state index in [1.807, 2.05) is 0 Å². The molecule has 0 N–H and O–H groups in total. The van der Waals surface area contributed by atoms with Gasteiger partial charge in [-0.15, -0.1) is 0 Å². The Labute approximate surface area is 58.7 Å². The van der Waals surface area contributed by atoms with Gasteiger partial charge in [-0.25, -0.2) is 0 Å². The van der Waals surface area contributed by atoms with Gasteiger partial charge in [0.25, 0.3) is 0 Å². The lowest BCUT2D eigenvalue weighted by atomic mass is 9.81.